The minimum Gasteiger partial charge on any atom is -0.490 e. The first-order valence-corrected chi connectivity index (χ1v) is 15.0. The predicted octanol–water partition coefficient (Wildman–Crippen LogP) is 3.64. The van der Waals surface area contributed by atoms with Crippen LogP contribution in [-0.2, 0) is 14.3 Å². The Morgan fingerprint density at radius 1 is 1.06 bits per heavy atom. The molecule has 2 heterocycles. The van der Waals surface area contributed by atoms with Crippen LogP contribution in [0.1, 0.15) is 48.3 Å². The fourth-order valence-corrected chi connectivity index (χ4v) is 4.44. The third-order valence-electron chi connectivity index (χ3n) is 6.67. The average molecular weight is 690 g/mol. The SMILES string of the molecule is CCOc1cc(C(Nc2ccc(C(=N)N)cc2)C(=O)NNC(=O)c2cnccc2N2CCOCC2)ccc1OC(C)C.O=C(O)C(F)(F)F. The van der Waals surface area contributed by atoms with Crippen molar-refractivity contribution in [3.63, 3.8) is 0 Å². The number of amides is 2. The third kappa shape index (κ3) is 11.3. The highest BCUT2D eigenvalue weighted by atomic mass is 19.4. The molecule has 264 valence electrons. The van der Waals surface area contributed by atoms with Crippen molar-refractivity contribution in [1.82, 2.24) is 15.8 Å². The number of hydrazine groups is 1. The minimum absolute atomic E-state index is 0.0625. The third-order valence-corrected chi connectivity index (χ3v) is 6.67. The number of alkyl halides is 3. The number of morpholine rings is 1. The molecule has 1 aliphatic heterocycles. The van der Waals surface area contributed by atoms with Gasteiger partial charge in [0.15, 0.2) is 11.5 Å². The molecule has 2 amide bonds. The first-order chi connectivity index (χ1) is 23.2. The molecule has 1 saturated heterocycles. The normalized spacial score (nSPS) is 13.3. The van der Waals surface area contributed by atoms with Crippen LogP contribution in [0.3, 0.4) is 0 Å². The maximum absolute atomic E-state index is 13.6. The Kier molecular flexibility index (Phi) is 13.6. The van der Waals surface area contributed by atoms with E-state index in [1.165, 1.54) is 6.20 Å². The number of rotatable bonds is 11. The molecule has 1 aliphatic rings. The second-order valence-electron chi connectivity index (χ2n) is 10.6. The maximum Gasteiger partial charge on any atom is 0.490 e. The lowest BCUT2D eigenvalue weighted by atomic mass is 10.0. The maximum atomic E-state index is 13.6. The van der Waals surface area contributed by atoms with Crippen LogP contribution in [0.5, 0.6) is 11.5 Å². The van der Waals surface area contributed by atoms with Gasteiger partial charge in [-0.3, -0.25) is 30.8 Å². The van der Waals surface area contributed by atoms with Gasteiger partial charge in [-0.05, 0) is 68.8 Å². The molecule has 3 aromatic rings. The van der Waals surface area contributed by atoms with E-state index in [4.69, 9.17) is 35.3 Å². The van der Waals surface area contributed by atoms with Gasteiger partial charge >= 0.3 is 12.1 Å². The number of aliphatic carboxylic acids is 1. The average Bonchev–Trinajstić information content (AvgIpc) is 3.07. The summed E-state index contributed by atoms with van der Waals surface area (Å²) in [7, 11) is 0. The minimum atomic E-state index is -5.08. The van der Waals surface area contributed by atoms with Gasteiger partial charge in [0.2, 0.25) is 0 Å². The van der Waals surface area contributed by atoms with E-state index < -0.39 is 30.0 Å². The van der Waals surface area contributed by atoms with E-state index in [-0.39, 0.29) is 11.9 Å². The predicted molar refractivity (Wildman–Crippen MR) is 174 cm³/mol. The fraction of sp³-hybridized carbons (Fsp3) is 0.344. The molecule has 1 unspecified atom stereocenters. The van der Waals surface area contributed by atoms with Crippen LogP contribution in [0.15, 0.2) is 60.9 Å². The molecule has 14 nitrogen and oxygen atoms in total. The largest absolute Gasteiger partial charge is 0.490 e. The Hall–Kier alpha value is -5.58. The first-order valence-electron chi connectivity index (χ1n) is 15.0. The zero-order chi connectivity index (χ0) is 36.1. The quantitative estimate of drug-likeness (QED) is 0.0976. The smallest absolute Gasteiger partial charge is 0.490 e. The van der Waals surface area contributed by atoms with E-state index >= 15 is 0 Å². The van der Waals surface area contributed by atoms with Gasteiger partial charge in [-0.1, -0.05) is 6.07 Å². The molecular formula is C32H38F3N7O7. The number of ether oxygens (including phenoxy) is 3. The molecule has 0 aliphatic carbocycles. The summed E-state index contributed by atoms with van der Waals surface area (Å²) in [5.41, 5.74) is 13.5. The fourth-order valence-electron chi connectivity index (χ4n) is 4.44. The lowest BCUT2D eigenvalue weighted by Gasteiger charge is -2.30. The number of nitrogen functional groups attached to an aromatic ring is 1. The Bertz CT molecular complexity index is 1600. The Balaban J connectivity index is 0.000000838. The Morgan fingerprint density at radius 3 is 2.29 bits per heavy atom. The molecule has 1 aromatic heterocycles. The number of nitrogens with zero attached hydrogens (tertiary/aromatic N) is 2. The van der Waals surface area contributed by atoms with Crippen LogP contribution >= 0.6 is 0 Å². The molecule has 2 aromatic carbocycles. The zero-order valence-electron chi connectivity index (χ0n) is 27.0. The molecule has 0 bridgehead atoms. The second kappa shape index (κ2) is 17.5. The molecule has 17 heteroatoms. The molecule has 1 fully saturated rings. The standard InChI is InChI=1S/C30H37N7O5.C2HF3O2/c1-4-41-26-17-21(7-10-25(26)42-19(2)3)27(34-22-8-5-20(6-9-22)28(31)32)30(39)36-35-29(38)23-18-33-12-11-24(23)37-13-15-40-16-14-37;3-2(4,5)1(6)7/h5-12,17-19,27,34H,4,13-16H2,1-3H3,(H3,31,32)(H,35,38)(H,36,39);(H,6,7). The molecular weight excluding hydrogens is 651 g/mol. The number of amidine groups is 1. The molecule has 1 atom stereocenters. The highest BCUT2D eigenvalue weighted by Gasteiger charge is 2.38. The van der Waals surface area contributed by atoms with Crippen LogP contribution < -0.4 is 36.3 Å². The number of carboxylic acids is 1. The van der Waals surface area contributed by atoms with Crippen LogP contribution in [0.4, 0.5) is 24.5 Å². The molecule has 7 N–H and O–H groups in total. The summed E-state index contributed by atoms with van der Waals surface area (Å²) in [5, 5.41) is 18.0. The number of aromatic nitrogens is 1. The number of benzene rings is 2. The number of carboxylic acid groups (broad SMARTS) is 1. The van der Waals surface area contributed by atoms with Crippen molar-refractivity contribution in [2.45, 2.75) is 39.1 Å². The number of anilines is 2. The number of hydrogen-bond acceptors (Lipinski definition) is 10. The zero-order valence-corrected chi connectivity index (χ0v) is 27.0. The summed E-state index contributed by atoms with van der Waals surface area (Å²) >= 11 is 0. The molecule has 49 heavy (non-hydrogen) atoms. The number of halogens is 3. The van der Waals surface area contributed by atoms with Gasteiger partial charge in [-0.15, -0.1) is 0 Å². The Labute approximate surface area is 280 Å². The van der Waals surface area contributed by atoms with Gasteiger partial charge in [0.1, 0.15) is 11.9 Å². The second-order valence-corrected chi connectivity index (χ2v) is 10.6. The topological polar surface area (TPSA) is 201 Å². The summed E-state index contributed by atoms with van der Waals surface area (Å²) in [6.45, 7) is 8.51. The van der Waals surface area contributed by atoms with E-state index in [9.17, 15) is 22.8 Å². The van der Waals surface area contributed by atoms with Crippen LogP contribution in [0.2, 0.25) is 0 Å². The summed E-state index contributed by atoms with van der Waals surface area (Å²) in [6.07, 6.45) is -2.06. The lowest BCUT2D eigenvalue weighted by Crippen LogP contribution is -2.46. The summed E-state index contributed by atoms with van der Waals surface area (Å²) in [5.74, 6) is -2.79. The molecule has 4 rings (SSSR count). The van der Waals surface area contributed by atoms with Crippen molar-refractivity contribution in [3.05, 3.63) is 77.6 Å². The molecule has 0 saturated carbocycles. The van der Waals surface area contributed by atoms with Gasteiger partial charge in [0.05, 0.1) is 37.2 Å². The summed E-state index contributed by atoms with van der Waals surface area (Å²) < 4.78 is 48.9. The van der Waals surface area contributed by atoms with E-state index in [2.05, 4.69) is 21.2 Å². The van der Waals surface area contributed by atoms with Crippen LogP contribution in [-0.4, -0.2) is 78.9 Å². The molecule has 0 spiro atoms. The summed E-state index contributed by atoms with van der Waals surface area (Å²) in [4.78, 5) is 41.9. The van der Waals surface area contributed by atoms with Gasteiger partial charge in [-0.25, -0.2) is 4.79 Å². The highest BCUT2D eigenvalue weighted by molar-refractivity contribution is 6.01. The van der Waals surface area contributed by atoms with E-state index in [1.807, 2.05) is 25.7 Å². The summed E-state index contributed by atoms with van der Waals surface area (Å²) in [6, 6.07) is 12.9. The van der Waals surface area contributed by atoms with Crippen molar-refractivity contribution in [1.29, 1.82) is 5.41 Å². The van der Waals surface area contributed by atoms with Crippen molar-refractivity contribution in [3.8, 4) is 11.5 Å². The highest BCUT2D eigenvalue weighted by Crippen LogP contribution is 2.33. The number of nitrogens with two attached hydrogens (primary N) is 1. The van der Waals surface area contributed by atoms with Gasteiger partial charge in [0.25, 0.3) is 11.8 Å². The van der Waals surface area contributed by atoms with Crippen molar-refractivity contribution >= 4 is 35.0 Å². The number of carbonyl (C=O) groups excluding carboxylic acids is 2. The van der Waals surface area contributed by atoms with E-state index in [0.717, 1.165) is 0 Å². The number of pyridine rings is 1. The molecule has 0 radical (unpaired) electrons. The first kappa shape index (κ1) is 37.9. The van der Waals surface area contributed by atoms with E-state index in [0.29, 0.717) is 72.5 Å². The number of hydrogen-bond donors (Lipinski definition) is 6. The van der Waals surface area contributed by atoms with Crippen molar-refractivity contribution in [2.75, 3.05) is 43.1 Å². The lowest BCUT2D eigenvalue weighted by molar-refractivity contribution is -0.192. The van der Waals surface area contributed by atoms with Crippen LogP contribution in [0.25, 0.3) is 0 Å². The number of nitrogens with one attached hydrogen (secondary N) is 4. The van der Waals surface area contributed by atoms with Crippen LogP contribution in [0, 0.1) is 5.41 Å². The van der Waals surface area contributed by atoms with Crippen molar-refractivity contribution in [2.24, 2.45) is 5.73 Å². The van der Waals surface area contributed by atoms with Crippen molar-refractivity contribution < 1.29 is 46.9 Å². The Morgan fingerprint density at radius 2 is 1.71 bits per heavy atom. The van der Waals surface area contributed by atoms with Gasteiger partial charge < -0.3 is 35.3 Å². The van der Waals surface area contributed by atoms with E-state index in [1.54, 1.807) is 54.7 Å². The monoisotopic (exact) mass is 689 g/mol. The number of carbonyl (C=O) groups is 3. The van der Waals surface area contributed by atoms with Gasteiger partial charge in [-0.2, -0.15) is 13.2 Å². The van der Waals surface area contributed by atoms with Gasteiger partial charge in [0, 0.05) is 36.7 Å².